The van der Waals surface area contributed by atoms with Crippen molar-refractivity contribution in [3.05, 3.63) is 99.8 Å². The SMILES string of the molecule is O=C(c1cccc(COc2ccccc2Br)c1)N1CCN(Cc2cccc(F)c2)CC1. The van der Waals surface area contributed by atoms with Crippen molar-refractivity contribution in [3.8, 4) is 5.75 Å². The van der Waals surface area contributed by atoms with Crippen molar-refractivity contribution in [2.24, 2.45) is 0 Å². The molecule has 0 unspecified atom stereocenters. The number of hydrogen-bond donors (Lipinski definition) is 0. The molecule has 0 aromatic heterocycles. The van der Waals surface area contributed by atoms with E-state index in [0.717, 1.165) is 34.4 Å². The summed E-state index contributed by atoms with van der Waals surface area (Å²) in [4.78, 5) is 17.1. The highest BCUT2D eigenvalue weighted by Gasteiger charge is 2.22. The Bertz CT molecular complexity index is 1050. The van der Waals surface area contributed by atoms with Gasteiger partial charge in [-0.2, -0.15) is 0 Å². The number of rotatable bonds is 6. The molecule has 3 aromatic carbocycles. The normalized spacial score (nSPS) is 14.5. The number of halogens is 2. The first kappa shape index (κ1) is 21.5. The van der Waals surface area contributed by atoms with Crippen LogP contribution in [0.2, 0.25) is 0 Å². The van der Waals surface area contributed by atoms with E-state index in [0.29, 0.717) is 31.8 Å². The summed E-state index contributed by atoms with van der Waals surface area (Å²) < 4.78 is 20.2. The van der Waals surface area contributed by atoms with Gasteiger partial charge in [-0.3, -0.25) is 9.69 Å². The van der Waals surface area contributed by atoms with Crippen LogP contribution in [-0.4, -0.2) is 41.9 Å². The maximum Gasteiger partial charge on any atom is 0.253 e. The number of amides is 1. The van der Waals surface area contributed by atoms with Crippen molar-refractivity contribution < 1.29 is 13.9 Å². The first-order valence-corrected chi connectivity index (χ1v) is 11.1. The molecule has 1 heterocycles. The average molecular weight is 483 g/mol. The minimum Gasteiger partial charge on any atom is -0.488 e. The Morgan fingerprint density at radius 1 is 0.903 bits per heavy atom. The van der Waals surface area contributed by atoms with Crippen molar-refractivity contribution >= 4 is 21.8 Å². The zero-order chi connectivity index (χ0) is 21.6. The lowest BCUT2D eigenvalue weighted by Gasteiger charge is -2.34. The van der Waals surface area contributed by atoms with E-state index in [1.54, 1.807) is 12.1 Å². The van der Waals surface area contributed by atoms with Crippen LogP contribution in [0.1, 0.15) is 21.5 Å². The third kappa shape index (κ3) is 5.71. The van der Waals surface area contributed by atoms with Gasteiger partial charge in [-0.1, -0.05) is 36.4 Å². The number of nitrogens with zero attached hydrogens (tertiary/aromatic N) is 2. The smallest absolute Gasteiger partial charge is 0.253 e. The van der Waals surface area contributed by atoms with Crippen LogP contribution in [-0.2, 0) is 13.2 Å². The van der Waals surface area contributed by atoms with E-state index in [2.05, 4.69) is 20.8 Å². The molecule has 4 rings (SSSR count). The number of hydrogen-bond acceptors (Lipinski definition) is 3. The van der Waals surface area contributed by atoms with Gasteiger partial charge in [-0.15, -0.1) is 0 Å². The van der Waals surface area contributed by atoms with Crippen LogP contribution in [0.15, 0.2) is 77.3 Å². The lowest BCUT2D eigenvalue weighted by Crippen LogP contribution is -2.48. The quantitative estimate of drug-likeness (QED) is 0.488. The van der Waals surface area contributed by atoms with Crippen molar-refractivity contribution in [1.29, 1.82) is 0 Å². The molecule has 0 radical (unpaired) electrons. The molecule has 0 bridgehead atoms. The minimum absolute atomic E-state index is 0.0353. The first-order chi connectivity index (χ1) is 15.1. The van der Waals surface area contributed by atoms with Crippen LogP contribution < -0.4 is 4.74 Å². The van der Waals surface area contributed by atoms with Gasteiger partial charge in [0.15, 0.2) is 0 Å². The van der Waals surface area contributed by atoms with E-state index >= 15 is 0 Å². The molecule has 1 saturated heterocycles. The summed E-state index contributed by atoms with van der Waals surface area (Å²) in [6.07, 6.45) is 0. The molecule has 0 atom stereocenters. The Morgan fingerprint density at radius 2 is 1.65 bits per heavy atom. The Hall–Kier alpha value is -2.70. The molecule has 1 aliphatic heterocycles. The summed E-state index contributed by atoms with van der Waals surface area (Å²) in [7, 11) is 0. The number of carbonyl (C=O) groups excluding carboxylic acids is 1. The van der Waals surface area contributed by atoms with Crippen LogP contribution in [0.4, 0.5) is 4.39 Å². The van der Waals surface area contributed by atoms with E-state index in [4.69, 9.17) is 4.74 Å². The summed E-state index contributed by atoms with van der Waals surface area (Å²) in [5.41, 5.74) is 2.58. The maximum atomic E-state index is 13.4. The number of piperazine rings is 1. The van der Waals surface area contributed by atoms with E-state index in [9.17, 15) is 9.18 Å². The molecule has 1 amide bonds. The van der Waals surface area contributed by atoms with Crippen molar-refractivity contribution in [2.45, 2.75) is 13.2 Å². The highest BCUT2D eigenvalue weighted by atomic mass is 79.9. The first-order valence-electron chi connectivity index (χ1n) is 10.3. The lowest BCUT2D eigenvalue weighted by molar-refractivity contribution is 0.0628. The molecule has 4 nitrogen and oxygen atoms in total. The molecule has 0 aliphatic carbocycles. The standard InChI is InChI=1S/C25H24BrFN2O2/c26-23-9-1-2-10-24(23)31-18-20-6-3-7-21(15-20)25(30)29-13-11-28(12-14-29)17-19-5-4-8-22(27)16-19/h1-10,15-16H,11-14,17-18H2. The van der Waals surface area contributed by atoms with Crippen LogP contribution in [0.25, 0.3) is 0 Å². The van der Waals surface area contributed by atoms with Gasteiger partial charge in [-0.05, 0) is 63.5 Å². The maximum absolute atomic E-state index is 13.4. The second-order valence-electron chi connectivity index (χ2n) is 7.62. The fraction of sp³-hybridized carbons (Fsp3) is 0.240. The molecular formula is C25H24BrFN2O2. The van der Waals surface area contributed by atoms with Gasteiger partial charge in [0.25, 0.3) is 5.91 Å². The highest BCUT2D eigenvalue weighted by Crippen LogP contribution is 2.25. The molecule has 1 fully saturated rings. The van der Waals surface area contributed by atoms with Crippen LogP contribution in [0.3, 0.4) is 0 Å². The van der Waals surface area contributed by atoms with Crippen LogP contribution >= 0.6 is 15.9 Å². The van der Waals surface area contributed by atoms with E-state index in [-0.39, 0.29) is 11.7 Å². The molecule has 0 saturated carbocycles. The Labute approximate surface area is 190 Å². The van der Waals surface area contributed by atoms with Gasteiger partial charge in [0.05, 0.1) is 4.47 Å². The van der Waals surface area contributed by atoms with Gasteiger partial charge < -0.3 is 9.64 Å². The minimum atomic E-state index is -0.213. The van der Waals surface area contributed by atoms with Crippen molar-refractivity contribution in [2.75, 3.05) is 26.2 Å². The average Bonchev–Trinajstić information content (AvgIpc) is 2.79. The summed E-state index contributed by atoms with van der Waals surface area (Å²) in [5.74, 6) is 0.594. The van der Waals surface area contributed by atoms with E-state index < -0.39 is 0 Å². The molecule has 31 heavy (non-hydrogen) atoms. The number of ether oxygens (including phenoxy) is 1. The van der Waals surface area contributed by atoms with E-state index in [1.165, 1.54) is 6.07 Å². The van der Waals surface area contributed by atoms with Crippen molar-refractivity contribution in [3.63, 3.8) is 0 Å². The summed E-state index contributed by atoms with van der Waals surface area (Å²) >= 11 is 3.48. The van der Waals surface area contributed by atoms with Crippen molar-refractivity contribution in [1.82, 2.24) is 9.80 Å². The third-order valence-electron chi connectivity index (χ3n) is 5.36. The van der Waals surface area contributed by atoms with Crippen LogP contribution in [0.5, 0.6) is 5.75 Å². The molecule has 6 heteroatoms. The topological polar surface area (TPSA) is 32.8 Å². The third-order valence-corrected chi connectivity index (χ3v) is 6.01. The molecule has 3 aromatic rings. The fourth-order valence-corrected chi connectivity index (χ4v) is 4.10. The van der Waals surface area contributed by atoms with E-state index in [1.807, 2.05) is 59.5 Å². The van der Waals surface area contributed by atoms with Gasteiger partial charge in [0.2, 0.25) is 0 Å². The molecular weight excluding hydrogens is 459 g/mol. The van der Waals surface area contributed by atoms with Gasteiger partial charge in [0.1, 0.15) is 18.2 Å². The van der Waals surface area contributed by atoms with Crippen LogP contribution in [0, 0.1) is 5.82 Å². The predicted octanol–water partition coefficient (Wildman–Crippen LogP) is 5.13. The Balaban J connectivity index is 1.32. The highest BCUT2D eigenvalue weighted by molar-refractivity contribution is 9.10. The Kier molecular flexibility index (Phi) is 6.99. The number of benzene rings is 3. The number of carbonyl (C=O) groups is 1. The second kappa shape index (κ2) is 10.1. The monoisotopic (exact) mass is 482 g/mol. The number of para-hydroxylation sites is 1. The van der Waals surface area contributed by atoms with Gasteiger partial charge >= 0.3 is 0 Å². The van der Waals surface area contributed by atoms with Gasteiger partial charge in [0, 0.05) is 38.3 Å². The molecule has 0 spiro atoms. The fourth-order valence-electron chi connectivity index (χ4n) is 3.70. The lowest BCUT2D eigenvalue weighted by atomic mass is 10.1. The largest absolute Gasteiger partial charge is 0.488 e. The summed E-state index contributed by atoms with van der Waals surface area (Å²) in [6.45, 7) is 3.95. The summed E-state index contributed by atoms with van der Waals surface area (Å²) in [6, 6.07) is 22.0. The summed E-state index contributed by atoms with van der Waals surface area (Å²) in [5, 5.41) is 0. The predicted molar refractivity (Wildman–Crippen MR) is 122 cm³/mol. The zero-order valence-electron chi connectivity index (χ0n) is 17.1. The zero-order valence-corrected chi connectivity index (χ0v) is 18.7. The Morgan fingerprint density at radius 3 is 2.42 bits per heavy atom. The molecule has 1 aliphatic rings. The van der Waals surface area contributed by atoms with Gasteiger partial charge in [-0.25, -0.2) is 4.39 Å². The molecule has 160 valence electrons. The second-order valence-corrected chi connectivity index (χ2v) is 8.47. The molecule has 0 N–H and O–H groups in total.